The molecule has 0 saturated carbocycles. The molecule has 0 aliphatic heterocycles. The lowest BCUT2D eigenvalue weighted by Crippen LogP contribution is -2.36. The quantitative estimate of drug-likeness (QED) is 0.845. The highest BCUT2D eigenvalue weighted by atomic mass is 35.5. The Balaban J connectivity index is 0.00000256. The van der Waals surface area contributed by atoms with Crippen molar-refractivity contribution in [2.45, 2.75) is 39.8 Å². The van der Waals surface area contributed by atoms with E-state index in [1.165, 1.54) is 0 Å². The van der Waals surface area contributed by atoms with Crippen LogP contribution < -0.4 is 11.1 Å². The number of anilines is 1. The van der Waals surface area contributed by atoms with E-state index in [0.29, 0.717) is 18.0 Å². The van der Waals surface area contributed by atoms with E-state index in [2.05, 4.69) is 10.4 Å². The summed E-state index contributed by atoms with van der Waals surface area (Å²) >= 11 is 0. The van der Waals surface area contributed by atoms with Crippen LogP contribution in [0.15, 0.2) is 12.4 Å². The summed E-state index contributed by atoms with van der Waals surface area (Å²) in [5.74, 6) is 0.267. The van der Waals surface area contributed by atoms with Crippen molar-refractivity contribution in [3.05, 3.63) is 12.4 Å². The Kier molecular flexibility index (Phi) is 6.83. The highest BCUT2D eigenvalue weighted by Crippen LogP contribution is 2.08. The molecule has 1 heterocycles. The first-order valence-corrected chi connectivity index (χ1v) is 5.61. The van der Waals surface area contributed by atoms with E-state index in [1.54, 1.807) is 17.1 Å². The van der Waals surface area contributed by atoms with Gasteiger partial charge in [0.2, 0.25) is 5.91 Å². The molecule has 0 fully saturated rings. The largest absolute Gasteiger partial charge is 0.322 e. The maximum atomic E-state index is 11.7. The molecule has 5 nitrogen and oxygen atoms in total. The van der Waals surface area contributed by atoms with Crippen molar-refractivity contribution in [3.63, 3.8) is 0 Å². The number of carbonyl (C=O) groups excluding carboxylic acids is 1. The summed E-state index contributed by atoms with van der Waals surface area (Å²) in [5.41, 5.74) is 6.47. The Bertz CT molecular complexity index is 351. The molecule has 1 rings (SSSR count). The molecule has 17 heavy (non-hydrogen) atoms. The molecule has 0 aliphatic rings. The standard InChI is InChI=1S/C11H20N4O.ClH/c1-4-15-7-9(6-13-15)14-11(16)10(12)5-8(2)3;/h6-8,10H,4-5,12H2,1-3H3,(H,14,16);1H/t10-;/m0./s1. The molecule has 0 unspecified atom stereocenters. The molecule has 1 amide bonds. The summed E-state index contributed by atoms with van der Waals surface area (Å²) in [7, 11) is 0. The van der Waals surface area contributed by atoms with Crippen molar-refractivity contribution in [3.8, 4) is 0 Å². The molecule has 0 bridgehead atoms. The van der Waals surface area contributed by atoms with Crippen molar-refractivity contribution >= 4 is 24.0 Å². The summed E-state index contributed by atoms with van der Waals surface area (Å²) in [6, 6.07) is -0.454. The smallest absolute Gasteiger partial charge is 0.241 e. The van der Waals surface area contributed by atoms with E-state index in [4.69, 9.17) is 5.73 Å². The first-order valence-electron chi connectivity index (χ1n) is 5.61. The molecule has 6 heteroatoms. The van der Waals surface area contributed by atoms with Crippen LogP contribution in [-0.4, -0.2) is 21.7 Å². The fraction of sp³-hybridized carbons (Fsp3) is 0.636. The number of halogens is 1. The average molecular weight is 261 g/mol. The van der Waals surface area contributed by atoms with Gasteiger partial charge in [-0.25, -0.2) is 0 Å². The Morgan fingerprint density at radius 2 is 2.24 bits per heavy atom. The van der Waals surface area contributed by atoms with Crippen LogP contribution in [0.3, 0.4) is 0 Å². The number of rotatable bonds is 5. The Labute approximate surface area is 108 Å². The molecule has 3 N–H and O–H groups in total. The van der Waals surface area contributed by atoms with Crippen LogP contribution in [0.4, 0.5) is 5.69 Å². The van der Waals surface area contributed by atoms with Gasteiger partial charge in [0.1, 0.15) is 0 Å². The van der Waals surface area contributed by atoms with Crippen molar-refractivity contribution in [1.82, 2.24) is 9.78 Å². The summed E-state index contributed by atoms with van der Waals surface area (Å²) in [5, 5.41) is 6.82. The average Bonchev–Trinajstić information content (AvgIpc) is 2.64. The lowest BCUT2D eigenvalue weighted by molar-refractivity contribution is -0.117. The van der Waals surface area contributed by atoms with Crippen molar-refractivity contribution in [1.29, 1.82) is 0 Å². The van der Waals surface area contributed by atoms with Crippen LogP contribution in [0.5, 0.6) is 0 Å². The van der Waals surface area contributed by atoms with Gasteiger partial charge in [0.25, 0.3) is 0 Å². The third kappa shape index (κ3) is 5.19. The molecular formula is C11H21ClN4O. The van der Waals surface area contributed by atoms with E-state index >= 15 is 0 Å². The van der Waals surface area contributed by atoms with Gasteiger partial charge >= 0.3 is 0 Å². The zero-order valence-electron chi connectivity index (χ0n) is 10.5. The van der Waals surface area contributed by atoms with Gasteiger partial charge in [-0.15, -0.1) is 12.4 Å². The normalized spacial score (nSPS) is 12.1. The molecular weight excluding hydrogens is 240 g/mol. The lowest BCUT2D eigenvalue weighted by Gasteiger charge is -2.12. The second-order valence-corrected chi connectivity index (χ2v) is 4.31. The number of amides is 1. The first kappa shape index (κ1) is 15.9. The van der Waals surface area contributed by atoms with Crippen LogP contribution >= 0.6 is 12.4 Å². The minimum atomic E-state index is -0.454. The van der Waals surface area contributed by atoms with E-state index in [-0.39, 0.29) is 18.3 Å². The number of hydrogen-bond acceptors (Lipinski definition) is 3. The molecule has 0 saturated heterocycles. The zero-order valence-corrected chi connectivity index (χ0v) is 11.3. The van der Waals surface area contributed by atoms with E-state index in [0.717, 1.165) is 6.54 Å². The van der Waals surface area contributed by atoms with Crippen LogP contribution in [0, 0.1) is 5.92 Å². The van der Waals surface area contributed by atoms with Gasteiger partial charge in [0.15, 0.2) is 0 Å². The molecule has 0 aliphatic carbocycles. The number of aryl methyl sites for hydroxylation is 1. The second kappa shape index (κ2) is 7.29. The SMILES string of the molecule is CCn1cc(NC(=O)[C@@H](N)CC(C)C)cn1.Cl. The maximum absolute atomic E-state index is 11.7. The van der Waals surface area contributed by atoms with Crippen LogP contribution in [0.25, 0.3) is 0 Å². The second-order valence-electron chi connectivity index (χ2n) is 4.31. The van der Waals surface area contributed by atoms with E-state index in [9.17, 15) is 4.79 Å². The van der Waals surface area contributed by atoms with Gasteiger partial charge in [0, 0.05) is 12.7 Å². The Morgan fingerprint density at radius 1 is 1.59 bits per heavy atom. The maximum Gasteiger partial charge on any atom is 0.241 e. The molecule has 0 aromatic carbocycles. The van der Waals surface area contributed by atoms with Gasteiger partial charge in [-0.05, 0) is 19.3 Å². The molecule has 1 aromatic heterocycles. The fourth-order valence-corrected chi connectivity index (χ4v) is 1.45. The molecule has 1 aromatic rings. The predicted molar refractivity (Wildman–Crippen MR) is 71.2 cm³/mol. The van der Waals surface area contributed by atoms with Gasteiger partial charge in [0.05, 0.1) is 17.9 Å². The summed E-state index contributed by atoms with van der Waals surface area (Å²) in [6.45, 7) is 6.86. The summed E-state index contributed by atoms with van der Waals surface area (Å²) < 4.78 is 1.75. The Morgan fingerprint density at radius 3 is 2.71 bits per heavy atom. The molecule has 0 spiro atoms. The van der Waals surface area contributed by atoms with Crippen molar-refractivity contribution < 1.29 is 4.79 Å². The number of carbonyl (C=O) groups is 1. The predicted octanol–water partition coefficient (Wildman–Crippen LogP) is 1.64. The fourth-order valence-electron chi connectivity index (χ4n) is 1.45. The van der Waals surface area contributed by atoms with Gasteiger partial charge < -0.3 is 11.1 Å². The Hall–Kier alpha value is -1.07. The minimum absolute atomic E-state index is 0. The summed E-state index contributed by atoms with van der Waals surface area (Å²) in [4.78, 5) is 11.7. The van der Waals surface area contributed by atoms with Crippen molar-refractivity contribution in [2.24, 2.45) is 11.7 Å². The van der Waals surface area contributed by atoms with Crippen LogP contribution in [0.1, 0.15) is 27.2 Å². The number of hydrogen-bond donors (Lipinski definition) is 2. The van der Waals surface area contributed by atoms with E-state index in [1.807, 2.05) is 20.8 Å². The van der Waals surface area contributed by atoms with Crippen molar-refractivity contribution in [2.75, 3.05) is 5.32 Å². The molecule has 1 atom stereocenters. The monoisotopic (exact) mass is 260 g/mol. The number of nitrogens with zero attached hydrogens (tertiary/aromatic N) is 2. The van der Waals surface area contributed by atoms with Gasteiger partial charge in [-0.2, -0.15) is 5.10 Å². The highest BCUT2D eigenvalue weighted by Gasteiger charge is 2.15. The van der Waals surface area contributed by atoms with E-state index < -0.39 is 6.04 Å². The summed E-state index contributed by atoms with van der Waals surface area (Å²) in [6.07, 6.45) is 4.11. The minimum Gasteiger partial charge on any atom is -0.322 e. The van der Waals surface area contributed by atoms with Gasteiger partial charge in [-0.1, -0.05) is 13.8 Å². The number of aromatic nitrogens is 2. The lowest BCUT2D eigenvalue weighted by atomic mass is 10.0. The van der Waals surface area contributed by atoms with Crippen LogP contribution in [-0.2, 0) is 11.3 Å². The first-order chi connectivity index (χ1) is 7.52. The van der Waals surface area contributed by atoms with Crippen LogP contribution in [0.2, 0.25) is 0 Å². The molecule has 0 radical (unpaired) electrons. The number of nitrogens with one attached hydrogen (secondary N) is 1. The third-order valence-corrected chi connectivity index (χ3v) is 2.29. The zero-order chi connectivity index (χ0) is 12.1. The third-order valence-electron chi connectivity index (χ3n) is 2.29. The number of nitrogens with two attached hydrogens (primary N) is 1. The molecule has 98 valence electrons. The topological polar surface area (TPSA) is 72.9 Å². The van der Waals surface area contributed by atoms with Gasteiger partial charge in [-0.3, -0.25) is 9.48 Å². The highest BCUT2D eigenvalue weighted by molar-refractivity contribution is 5.94.